The van der Waals surface area contributed by atoms with Gasteiger partial charge in [-0.05, 0) is 88.0 Å². The molecule has 3 aromatic carbocycles. The quantitative estimate of drug-likeness (QED) is 0.246. The largest absolute Gasteiger partial charge is 0.495 e. The highest BCUT2D eigenvalue weighted by Crippen LogP contribution is 2.38. The maximum absolute atomic E-state index is 15.0. The number of ether oxygens (including phenoxy) is 1. The maximum Gasteiger partial charge on any atom is 0.298 e. The van der Waals surface area contributed by atoms with Crippen molar-refractivity contribution < 1.29 is 32.6 Å². The summed E-state index contributed by atoms with van der Waals surface area (Å²) in [6, 6.07) is 15.6. The average Bonchev–Trinajstić information content (AvgIpc) is 3.69. The number of hydrogen-bond acceptors (Lipinski definition) is 7. The number of rotatable bonds is 9. The molecular formula is C35H35F3N6O4. The highest BCUT2D eigenvalue weighted by molar-refractivity contribution is 6.13. The Kier molecular flexibility index (Phi) is 9.88. The molecule has 1 aliphatic carbocycles. The third kappa shape index (κ3) is 7.51. The van der Waals surface area contributed by atoms with Crippen LogP contribution in [0.4, 0.5) is 24.5 Å². The number of fused-ring (bicyclic) bond motifs is 1. The van der Waals surface area contributed by atoms with E-state index in [4.69, 9.17) is 4.74 Å². The molecule has 0 bridgehead atoms. The molecule has 1 aliphatic heterocycles. The van der Waals surface area contributed by atoms with Crippen LogP contribution in [0.2, 0.25) is 0 Å². The van der Waals surface area contributed by atoms with E-state index in [-0.39, 0.29) is 45.8 Å². The first kappa shape index (κ1) is 34.2. The number of halogens is 3. The van der Waals surface area contributed by atoms with Crippen molar-refractivity contribution in [2.75, 3.05) is 44.5 Å². The molecule has 2 heterocycles. The summed E-state index contributed by atoms with van der Waals surface area (Å²) in [5.74, 6) is -4.67. The van der Waals surface area contributed by atoms with Crippen LogP contribution in [0.15, 0.2) is 72.9 Å². The number of anilines is 2. The standard InChI is InChI=1S/C28H20F3N5O3.C7H15NO/c1-39-24-11-2-17(14-18(24)15-32)26(37)34-23-16-33-36-13-12-35(27(38)25(23)36)22-9-5-20(6-10-22)28(30,31)19-3-7-21(29)8-4-19;1-8(2)6-5-7(9)3-4-7/h2-11,14,16H,12-13H2,1H3,(H,34,37);9H,3-6H2,1-2H3. The summed E-state index contributed by atoms with van der Waals surface area (Å²) in [5, 5.41) is 25.5. The van der Waals surface area contributed by atoms with Crippen molar-refractivity contribution >= 4 is 23.2 Å². The maximum atomic E-state index is 15.0. The van der Waals surface area contributed by atoms with Crippen molar-refractivity contribution in [2.24, 2.45) is 0 Å². The molecule has 2 aliphatic rings. The number of benzene rings is 3. The highest BCUT2D eigenvalue weighted by Gasteiger charge is 2.39. The molecule has 1 saturated carbocycles. The molecule has 0 atom stereocenters. The first-order valence-electron chi connectivity index (χ1n) is 15.2. The Labute approximate surface area is 276 Å². The number of alkyl halides is 2. The first-order chi connectivity index (χ1) is 22.8. The summed E-state index contributed by atoms with van der Waals surface area (Å²) in [5.41, 5.74) is 0.128. The second-order valence-corrected chi connectivity index (χ2v) is 12.0. The van der Waals surface area contributed by atoms with Crippen molar-refractivity contribution in [1.29, 1.82) is 5.26 Å². The van der Waals surface area contributed by atoms with Gasteiger partial charge in [0.05, 0.1) is 36.7 Å². The van der Waals surface area contributed by atoms with Gasteiger partial charge in [0.1, 0.15) is 23.3 Å². The molecule has 10 nitrogen and oxygen atoms in total. The Morgan fingerprint density at radius 2 is 1.73 bits per heavy atom. The highest BCUT2D eigenvalue weighted by atomic mass is 19.3. The van der Waals surface area contributed by atoms with E-state index in [2.05, 4.69) is 15.3 Å². The summed E-state index contributed by atoms with van der Waals surface area (Å²) in [6.45, 7) is 1.56. The molecule has 0 radical (unpaired) electrons. The second-order valence-electron chi connectivity index (χ2n) is 12.0. The lowest BCUT2D eigenvalue weighted by atomic mass is 10.00. The van der Waals surface area contributed by atoms with Gasteiger partial charge < -0.3 is 25.0 Å². The fourth-order valence-corrected chi connectivity index (χ4v) is 5.18. The summed E-state index contributed by atoms with van der Waals surface area (Å²) < 4.78 is 49.6. The molecule has 0 spiro atoms. The van der Waals surface area contributed by atoms with E-state index in [0.717, 1.165) is 50.1 Å². The predicted molar refractivity (Wildman–Crippen MR) is 173 cm³/mol. The number of methoxy groups -OCH3 is 1. The Hall–Kier alpha value is -5.19. The summed E-state index contributed by atoms with van der Waals surface area (Å²) in [7, 11) is 5.48. The Bertz CT molecular complexity index is 1830. The van der Waals surface area contributed by atoms with Gasteiger partial charge in [0.25, 0.3) is 17.7 Å². The fraction of sp³-hybridized carbons (Fsp3) is 0.314. The molecule has 13 heteroatoms. The lowest BCUT2D eigenvalue weighted by Gasteiger charge is -2.28. The van der Waals surface area contributed by atoms with E-state index in [1.54, 1.807) is 0 Å². The third-order valence-electron chi connectivity index (χ3n) is 8.25. The normalized spacial score (nSPS) is 14.8. The fourth-order valence-electron chi connectivity index (χ4n) is 5.18. The van der Waals surface area contributed by atoms with Gasteiger partial charge >= 0.3 is 0 Å². The number of amides is 2. The van der Waals surface area contributed by atoms with Crippen molar-refractivity contribution in [3.8, 4) is 11.8 Å². The minimum atomic E-state index is -3.36. The van der Waals surface area contributed by atoms with Crippen LogP contribution in [-0.4, -0.2) is 71.5 Å². The van der Waals surface area contributed by atoms with Crippen LogP contribution in [0, 0.1) is 17.1 Å². The lowest BCUT2D eigenvalue weighted by molar-refractivity contribution is 0.0428. The predicted octanol–water partition coefficient (Wildman–Crippen LogP) is 5.42. The number of carbonyl (C=O) groups is 2. The summed E-state index contributed by atoms with van der Waals surface area (Å²) in [4.78, 5) is 29.8. The van der Waals surface area contributed by atoms with Crippen LogP contribution in [-0.2, 0) is 12.5 Å². The third-order valence-corrected chi connectivity index (χ3v) is 8.25. The zero-order chi connectivity index (χ0) is 34.6. The van der Waals surface area contributed by atoms with Gasteiger partial charge in [-0.25, -0.2) is 4.39 Å². The molecule has 1 aromatic heterocycles. The monoisotopic (exact) mass is 660 g/mol. The molecule has 4 aromatic rings. The van der Waals surface area contributed by atoms with E-state index in [9.17, 15) is 33.1 Å². The second kappa shape index (κ2) is 13.9. The van der Waals surface area contributed by atoms with Crippen LogP contribution < -0.4 is 15.0 Å². The molecule has 2 amide bonds. The number of nitrogens with one attached hydrogen (secondary N) is 1. The van der Waals surface area contributed by atoms with Crippen LogP contribution >= 0.6 is 0 Å². The zero-order valence-corrected chi connectivity index (χ0v) is 26.7. The minimum absolute atomic E-state index is 0.129. The van der Waals surface area contributed by atoms with Gasteiger partial charge in [0.2, 0.25) is 0 Å². The van der Waals surface area contributed by atoms with Gasteiger partial charge in [-0.2, -0.15) is 19.1 Å². The molecule has 250 valence electrons. The number of aliphatic hydroxyl groups is 1. The van der Waals surface area contributed by atoms with Crippen molar-refractivity contribution in [2.45, 2.75) is 37.3 Å². The van der Waals surface area contributed by atoms with E-state index in [1.807, 2.05) is 20.2 Å². The number of carbonyl (C=O) groups excluding carboxylic acids is 2. The first-order valence-corrected chi connectivity index (χ1v) is 15.2. The van der Waals surface area contributed by atoms with Crippen molar-refractivity contribution in [1.82, 2.24) is 14.7 Å². The van der Waals surface area contributed by atoms with Gasteiger partial charge in [-0.3, -0.25) is 14.3 Å². The zero-order valence-electron chi connectivity index (χ0n) is 26.7. The minimum Gasteiger partial charge on any atom is -0.495 e. The van der Waals surface area contributed by atoms with Gasteiger partial charge in [0.15, 0.2) is 0 Å². The van der Waals surface area contributed by atoms with Crippen molar-refractivity contribution in [3.05, 3.63) is 107 Å². The number of nitriles is 1. The van der Waals surface area contributed by atoms with E-state index in [1.165, 1.54) is 65.4 Å². The Morgan fingerprint density at radius 1 is 1.08 bits per heavy atom. The van der Waals surface area contributed by atoms with E-state index >= 15 is 0 Å². The topological polar surface area (TPSA) is 124 Å². The summed E-state index contributed by atoms with van der Waals surface area (Å²) in [6.07, 6.45) is 4.33. The Morgan fingerprint density at radius 3 is 2.31 bits per heavy atom. The number of nitrogens with zero attached hydrogens (tertiary/aromatic N) is 5. The average molecular weight is 661 g/mol. The molecule has 2 N–H and O–H groups in total. The molecule has 6 rings (SSSR count). The smallest absolute Gasteiger partial charge is 0.298 e. The van der Waals surface area contributed by atoms with Gasteiger partial charge in [-0.1, -0.05) is 12.1 Å². The molecule has 1 fully saturated rings. The van der Waals surface area contributed by atoms with Crippen LogP contribution in [0.5, 0.6) is 5.75 Å². The van der Waals surface area contributed by atoms with Crippen LogP contribution in [0.25, 0.3) is 0 Å². The molecule has 0 saturated heterocycles. The van der Waals surface area contributed by atoms with E-state index < -0.39 is 23.6 Å². The number of hydrogen-bond donors (Lipinski definition) is 2. The van der Waals surface area contributed by atoms with Gasteiger partial charge in [-0.15, -0.1) is 0 Å². The Balaban J connectivity index is 0.000000434. The van der Waals surface area contributed by atoms with Crippen LogP contribution in [0.3, 0.4) is 0 Å². The van der Waals surface area contributed by atoms with Gasteiger partial charge in [0, 0.05) is 35.5 Å². The van der Waals surface area contributed by atoms with Crippen LogP contribution in [0.1, 0.15) is 56.8 Å². The molecule has 48 heavy (non-hydrogen) atoms. The number of aromatic nitrogens is 2. The SMILES string of the molecule is CN(C)CCC1(O)CC1.COc1ccc(C(=O)Nc2cnn3c2C(=O)N(c2ccc(C(F)(F)c4ccc(F)cc4)cc2)CC3)cc1C#N. The summed E-state index contributed by atoms with van der Waals surface area (Å²) >= 11 is 0. The molecule has 0 unspecified atom stereocenters. The lowest BCUT2D eigenvalue weighted by Crippen LogP contribution is -2.41. The molecular weight excluding hydrogens is 625 g/mol. The van der Waals surface area contributed by atoms with Crippen molar-refractivity contribution in [3.63, 3.8) is 0 Å². The van der Waals surface area contributed by atoms with E-state index in [0.29, 0.717) is 18.0 Å².